The minimum absolute atomic E-state index is 0.576. The van der Waals surface area contributed by atoms with E-state index in [2.05, 4.69) is 14.9 Å². The van der Waals surface area contributed by atoms with Crippen molar-refractivity contribution in [2.24, 2.45) is 0 Å². The van der Waals surface area contributed by atoms with Crippen LogP contribution < -0.4 is 4.90 Å². The van der Waals surface area contributed by atoms with Crippen molar-refractivity contribution in [1.29, 1.82) is 0 Å². The number of hydrogen-bond donors (Lipinski definition) is 0. The summed E-state index contributed by atoms with van der Waals surface area (Å²) in [6.45, 7) is 4.18. The Kier molecular flexibility index (Phi) is 3.99. The van der Waals surface area contributed by atoms with E-state index < -0.39 is 0 Å². The lowest BCUT2D eigenvalue weighted by molar-refractivity contribution is 0.553. The maximum absolute atomic E-state index is 6.03. The molecule has 0 N–H and O–H groups in total. The van der Waals surface area contributed by atoms with Gasteiger partial charge in [0.15, 0.2) is 0 Å². The van der Waals surface area contributed by atoms with E-state index >= 15 is 0 Å². The Morgan fingerprint density at radius 1 is 1.06 bits per heavy atom. The highest BCUT2D eigenvalue weighted by Gasteiger charge is 2.14. The molecule has 1 fully saturated rings. The zero-order valence-corrected chi connectivity index (χ0v) is 10.5. The summed E-state index contributed by atoms with van der Waals surface area (Å²) < 4.78 is 0. The zero-order chi connectivity index (χ0) is 11.4. The van der Waals surface area contributed by atoms with E-state index in [0.29, 0.717) is 5.15 Å². The lowest BCUT2D eigenvalue weighted by Crippen LogP contribution is -2.28. The smallest absolute Gasteiger partial charge is 0.137 e. The van der Waals surface area contributed by atoms with Gasteiger partial charge in [-0.25, -0.2) is 9.97 Å². The van der Waals surface area contributed by atoms with E-state index in [1.807, 2.05) is 6.92 Å². The number of anilines is 1. The molecule has 16 heavy (non-hydrogen) atoms. The molecule has 1 aliphatic heterocycles. The van der Waals surface area contributed by atoms with E-state index in [1.54, 1.807) is 6.33 Å². The van der Waals surface area contributed by atoms with Crippen LogP contribution in [0.25, 0.3) is 0 Å². The van der Waals surface area contributed by atoms with Crippen LogP contribution in [-0.4, -0.2) is 23.1 Å². The van der Waals surface area contributed by atoms with Gasteiger partial charge in [-0.2, -0.15) is 0 Å². The summed E-state index contributed by atoms with van der Waals surface area (Å²) >= 11 is 6.03. The Bertz CT molecular complexity index is 346. The molecule has 0 bridgehead atoms. The quantitative estimate of drug-likeness (QED) is 0.705. The number of hydrogen-bond acceptors (Lipinski definition) is 3. The molecular formula is C12H18ClN3. The van der Waals surface area contributed by atoms with Crippen molar-refractivity contribution in [1.82, 2.24) is 9.97 Å². The fourth-order valence-electron chi connectivity index (χ4n) is 2.20. The van der Waals surface area contributed by atoms with Crippen LogP contribution in [0.3, 0.4) is 0 Å². The minimum atomic E-state index is 0.576. The molecule has 0 unspecified atom stereocenters. The number of aromatic nitrogens is 2. The van der Waals surface area contributed by atoms with Crippen LogP contribution in [0.4, 0.5) is 5.82 Å². The molecule has 1 saturated heterocycles. The maximum Gasteiger partial charge on any atom is 0.137 e. The average molecular weight is 240 g/mol. The molecule has 88 valence electrons. The van der Waals surface area contributed by atoms with E-state index in [4.69, 9.17) is 11.6 Å². The topological polar surface area (TPSA) is 29.0 Å². The molecular weight excluding hydrogens is 222 g/mol. The average Bonchev–Trinajstić information content (AvgIpc) is 2.23. The van der Waals surface area contributed by atoms with Gasteiger partial charge in [0.25, 0.3) is 0 Å². The Morgan fingerprint density at radius 2 is 1.69 bits per heavy atom. The molecule has 3 nitrogen and oxygen atoms in total. The van der Waals surface area contributed by atoms with Crippen LogP contribution in [0.1, 0.15) is 37.7 Å². The standard InChI is InChI=1S/C12H18ClN3/c1-10-11(13)14-9-15-12(10)16-7-5-3-2-4-6-8-16/h9H,2-8H2,1H3. The fraction of sp³-hybridized carbons (Fsp3) is 0.667. The second-order valence-corrected chi connectivity index (χ2v) is 4.73. The van der Waals surface area contributed by atoms with Crippen molar-refractivity contribution in [3.05, 3.63) is 17.0 Å². The SMILES string of the molecule is Cc1c(Cl)ncnc1N1CCCCCCC1. The summed E-state index contributed by atoms with van der Waals surface area (Å²) in [5.74, 6) is 1.02. The van der Waals surface area contributed by atoms with Gasteiger partial charge in [-0.1, -0.05) is 30.9 Å². The van der Waals surface area contributed by atoms with Crippen LogP contribution in [0.15, 0.2) is 6.33 Å². The molecule has 0 aliphatic carbocycles. The van der Waals surface area contributed by atoms with Gasteiger partial charge < -0.3 is 4.90 Å². The molecule has 0 spiro atoms. The van der Waals surface area contributed by atoms with Crippen LogP contribution in [0.5, 0.6) is 0 Å². The molecule has 0 saturated carbocycles. The number of halogens is 1. The summed E-state index contributed by atoms with van der Waals surface area (Å²) in [6.07, 6.45) is 8.09. The molecule has 1 aliphatic rings. The van der Waals surface area contributed by atoms with E-state index in [0.717, 1.165) is 24.5 Å². The van der Waals surface area contributed by atoms with Crippen LogP contribution in [0.2, 0.25) is 5.15 Å². The van der Waals surface area contributed by atoms with Crippen molar-refractivity contribution >= 4 is 17.4 Å². The molecule has 0 radical (unpaired) electrons. The second kappa shape index (κ2) is 5.48. The molecule has 1 aromatic rings. The summed E-state index contributed by atoms with van der Waals surface area (Å²) in [4.78, 5) is 10.7. The Morgan fingerprint density at radius 3 is 2.38 bits per heavy atom. The van der Waals surface area contributed by atoms with Crippen molar-refractivity contribution in [3.8, 4) is 0 Å². The predicted octanol–water partition coefficient (Wildman–Crippen LogP) is 3.21. The number of nitrogens with zero attached hydrogens (tertiary/aromatic N) is 3. The monoisotopic (exact) mass is 239 g/mol. The third-order valence-electron chi connectivity index (χ3n) is 3.15. The summed E-state index contributed by atoms with van der Waals surface area (Å²) in [7, 11) is 0. The van der Waals surface area contributed by atoms with Crippen LogP contribution in [-0.2, 0) is 0 Å². The van der Waals surface area contributed by atoms with E-state index in [-0.39, 0.29) is 0 Å². The van der Waals surface area contributed by atoms with Gasteiger partial charge in [-0.05, 0) is 19.8 Å². The van der Waals surface area contributed by atoms with Crippen LogP contribution >= 0.6 is 11.6 Å². The highest BCUT2D eigenvalue weighted by Crippen LogP contribution is 2.24. The fourth-order valence-corrected chi connectivity index (χ4v) is 2.33. The van der Waals surface area contributed by atoms with Gasteiger partial charge in [0.1, 0.15) is 17.3 Å². The molecule has 0 aromatic carbocycles. The maximum atomic E-state index is 6.03. The molecule has 2 heterocycles. The first-order valence-electron chi connectivity index (χ1n) is 6.01. The highest BCUT2D eigenvalue weighted by atomic mass is 35.5. The molecule has 4 heteroatoms. The Labute approximate surface area is 102 Å². The van der Waals surface area contributed by atoms with Crippen molar-refractivity contribution in [2.75, 3.05) is 18.0 Å². The van der Waals surface area contributed by atoms with Crippen molar-refractivity contribution < 1.29 is 0 Å². The Balaban J connectivity index is 2.17. The van der Waals surface area contributed by atoms with Crippen molar-refractivity contribution in [2.45, 2.75) is 39.0 Å². The summed E-state index contributed by atoms with van der Waals surface area (Å²) in [6, 6.07) is 0. The van der Waals surface area contributed by atoms with Gasteiger partial charge in [0, 0.05) is 18.7 Å². The van der Waals surface area contributed by atoms with Gasteiger partial charge >= 0.3 is 0 Å². The first kappa shape index (κ1) is 11.6. The van der Waals surface area contributed by atoms with Gasteiger partial charge in [0.05, 0.1) is 0 Å². The second-order valence-electron chi connectivity index (χ2n) is 4.37. The largest absolute Gasteiger partial charge is 0.356 e. The third kappa shape index (κ3) is 2.64. The highest BCUT2D eigenvalue weighted by molar-refractivity contribution is 6.30. The lowest BCUT2D eigenvalue weighted by Gasteiger charge is -2.27. The zero-order valence-electron chi connectivity index (χ0n) is 9.75. The lowest BCUT2D eigenvalue weighted by atomic mass is 10.1. The van der Waals surface area contributed by atoms with Crippen molar-refractivity contribution in [3.63, 3.8) is 0 Å². The molecule has 0 amide bonds. The summed E-state index contributed by atoms with van der Waals surface area (Å²) in [5, 5.41) is 0.576. The Hall–Kier alpha value is -0.830. The normalized spacial score (nSPS) is 18.0. The first-order valence-corrected chi connectivity index (χ1v) is 6.39. The van der Waals surface area contributed by atoms with Gasteiger partial charge in [0.2, 0.25) is 0 Å². The molecule has 2 rings (SSSR count). The predicted molar refractivity (Wildman–Crippen MR) is 67.1 cm³/mol. The number of rotatable bonds is 1. The summed E-state index contributed by atoms with van der Waals surface area (Å²) in [5.41, 5.74) is 1.00. The third-order valence-corrected chi connectivity index (χ3v) is 3.53. The van der Waals surface area contributed by atoms with Crippen LogP contribution in [0, 0.1) is 6.92 Å². The first-order chi connectivity index (χ1) is 7.79. The van der Waals surface area contributed by atoms with E-state index in [1.165, 1.54) is 32.1 Å². The molecule has 1 aromatic heterocycles. The van der Waals surface area contributed by atoms with Gasteiger partial charge in [-0.15, -0.1) is 0 Å². The molecule has 0 atom stereocenters. The minimum Gasteiger partial charge on any atom is -0.356 e. The van der Waals surface area contributed by atoms with Gasteiger partial charge in [-0.3, -0.25) is 0 Å². The van der Waals surface area contributed by atoms with E-state index in [9.17, 15) is 0 Å².